The quantitative estimate of drug-likeness (QED) is 0.637. The van der Waals surface area contributed by atoms with Gasteiger partial charge in [-0.1, -0.05) is 52.8 Å². The number of rotatable bonds is 5. The predicted molar refractivity (Wildman–Crippen MR) is 84.8 cm³/mol. The van der Waals surface area contributed by atoms with Crippen LogP contribution in [0.1, 0.15) is 51.4 Å². The summed E-state index contributed by atoms with van der Waals surface area (Å²) < 4.78 is 0. The molecule has 1 aromatic rings. The molecule has 0 radical (unpaired) electrons. The Kier molecular flexibility index (Phi) is 5.93. The van der Waals surface area contributed by atoms with Gasteiger partial charge in [-0.05, 0) is 29.9 Å². The SMILES string of the molecule is CC(C)CC(/C=N/NC(=O)c1ccccc1)C(C)(C)C. The van der Waals surface area contributed by atoms with Gasteiger partial charge in [0.15, 0.2) is 0 Å². The van der Waals surface area contributed by atoms with Gasteiger partial charge in [-0.3, -0.25) is 4.79 Å². The third-order valence-electron chi connectivity index (χ3n) is 3.29. The summed E-state index contributed by atoms with van der Waals surface area (Å²) in [6.45, 7) is 11.0. The fourth-order valence-corrected chi connectivity index (χ4v) is 1.99. The summed E-state index contributed by atoms with van der Waals surface area (Å²) in [5.74, 6) is 0.785. The van der Waals surface area contributed by atoms with Crippen LogP contribution in [-0.2, 0) is 0 Å². The molecule has 0 saturated heterocycles. The molecule has 0 bridgehead atoms. The van der Waals surface area contributed by atoms with Crippen molar-refractivity contribution in [2.45, 2.75) is 41.0 Å². The molecule has 0 aliphatic rings. The molecule has 1 aromatic carbocycles. The minimum atomic E-state index is -0.168. The summed E-state index contributed by atoms with van der Waals surface area (Å²) in [6.07, 6.45) is 2.94. The van der Waals surface area contributed by atoms with Crippen molar-refractivity contribution in [3.05, 3.63) is 35.9 Å². The smallest absolute Gasteiger partial charge is 0.267 e. The lowest BCUT2D eigenvalue weighted by molar-refractivity contribution is 0.0954. The van der Waals surface area contributed by atoms with Crippen molar-refractivity contribution in [2.24, 2.45) is 22.4 Å². The highest BCUT2D eigenvalue weighted by molar-refractivity contribution is 5.94. The molecule has 0 spiro atoms. The Hall–Kier alpha value is -1.64. The van der Waals surface area contributed by atoms with Crippen molar-refractivity contribution in [3.8, 4) is 0 Å². The maximum atomic E-state index is 11.9. The topological polar surface area (TPSA) is 41.5 Å². The Labute approximate surface area is 122 Å². The van der Waals surface area contributed by atoms with E-state index in [2.05, 4.69) is 45.1 Å². The van der Waals surface area contributed by atoms with Crippen LogP contribution in [0.3, 0.4) is 0 Å². The van der Waals surface area contributed by atoms with E-state index in [0.717, 1.165) is 6.42 Å². The Morgan fingerprint density at radius 2 is 1.85 bits per heavy atom. The van der Waals surface area contributed by atoms with Crippen molar-refractivity contribution >= 4 is 12.1 Å². The molecule has 0 heterocycles. The van der Waals surface area contributed by atoms with E-state index in [-0.39, 0.29) is 11.3 Å². The summed E-state index contributed by atoms with van der Waals surface area (Å²) in [6, 6.07) is 9.13. The number of hydrogen-bond donors (Lipinski definition) is 1. The number of hydrogen-bond acceptors (Lipinski definition) is 2. The summed E-state index contributed by atoms with van der Waals surface area (Å²) in [5.41, 5.74) is 3.38. The number of benzene rings is 1. The van der Waals surface area contributed by atoms with E-state index in [9.17, 15) is 4.79 Å². The van der Waals surface area contributed by atoms with Crippen LogP contribution < -0.4 is 5.43 Å². The van der Waals surface area contributed by atoms with Crippen LogP contribution in [0, 0.1) is 17.3 Å². The normalized spacial score (nSPS) is 13.7. The lowest BCUT2D eigenvalue weighted by Gasteiger charge is -2.28. The zero-order chi connectivity index (χ0) is 15.2. The molecule has 1 N–H and O–H groups in total. The molecule has 0 saturated carbocycles. The van der Waals surface area contributed by atoms with Gasteiger partial charge in [0, 0.05) is 17.7 Å². The van der Waals surface area contributed by atoms with Crippen molar-refractivity contribution in [1.82, 2.24) is 5.43 Å². The van der Waals surface area contributed by atoms with Gasteiger partial charge in [-0.25, -0.2) is 5.43 Å². The first-order valence-electron chi connectivity index (χ1n) is 7.19. The molecular formula is C17H26N2O. The van der Waals surface area contributed by atoms with E-state index in [1.54, 1.807) is 12.1 Å². The van der Waals surface area contributed by atoms with Gasteiger partial charge in [0.25, 0.3) is 5.91 Å². The van der Waals surface area contributed by atoms with Gasteiger partial charge in [0.05, 0.1) is 0 Å². The van der Waals surface area contributed by atoms with Crippen LogP contribution >= 0.6 is 0 Å². The summed E-state index contributed by atoms with van der Waals surface area (Å²) >= 11 is 0. The van der Waals surface area contributed by atoms with Gasteiger partial charge in [-0.2, -0.15) is 5.10 Å². The predicted octanol–water partition coefficient (Wildman–Crippen LogP) is 4.11. The number of nitrogens with one attached hydrogen (secondary N) is 1. The molecule has 1 rings (SSSR count). The second-order valence-corrected chi connectivity index (χ2v) is 6.69. The maximum absolute atomic E-state index is 11.9. The van der Waals surface area contributed by atoms with E-state index >= 15 is 0 Å². The standard InChI is InChI=1S/C17H26N2O/c1-13(2)11-15(17(3,4)5)12-18-19-16(20)14-9-7-6-8-10-14/h6-10,12-13,15H,11H2,1-5H3,(H,19,20)/b18-12+. The van der Waals surface area contributed by atoms with Crippen molar-refractivity contribution in [1.29, 1.82) is 0 Å². The Morgan fingerprint density at radius 3 is 2.35 bits per heavy atom. The van der Waals surface area contributed by atoms with Gasteiger partial charge in [-0.15, -0.1) is 0 Å². The minimum absolute atomic E-state index is 0.144. The van der Waals surface area contributed by atoms with Crippen LogP contribution in [0.5, 0.6) is 0 Å². The van der Waals surface area contributed by atoms with E-state index < -0.39 is 0 Å². The van der Waals surface area contributed by atoms with Crippen LogP contribution in [0.2, 0.25) is 0 Å². The molecule has 0 aliphatic carbocycles. The molecule has 0 fully saturated rings. The Morgan fingerprint density at radius 1 is 1.25 bits per heavy atom. The van der Waals surface area contributed by atoms with E-state index in [0.29, 0.717) is 17.4 Å². The zero-order valence-electron chi connectivity index (χ0n) is 13.2. The Bertz CT molecular complexity index is 444. The highest BCUT2D eigenvalue weighted by Crippen LogP contribution is 2.29. The molecule has 0 aliphatic heterocycles. The summed E-state index contributed by atoms with van der Waals surface area (Å²) in [5, 5.41) is 4.14. The van der Waals surface area contributed by atoms with Crippen molar-refractivity contribution in [3.63, 3.8) is 0 Å². The lowest BCUT2D eigenvalue weighted by atomic mass is 9.77. The van der Waals surface area contributed by atoms with Crippen LogP contribution in [0.25, 0.3) is 0 Å². The fraction of sp³-hybridized carbons (Fsp3) is 0.529. The van der Waals surface area contributed by atoms with Crippen LogP contribution in [-0.4, -0.2) is 12.1 Å². The highest BCUT2D eigenvalue weighted by Gasteiger charge is 2.23. The summed E-state index contributed by atoms with van der Waals surface area (Å²) in [4.78, 5) is 11.9. The number of hydrazone groups is 1. The average Bonchev–Trinajstić information content (AvgIpc) is 2.37. The fourth-order valence-electron chi connectivity index (χ4n) is 1.99. The molecule has 1 atom stereocenters. The van der Waals surface area contributed by atoms with E-state index in [4.69, 9.17) is 0 Å². The zero-order valence-corrected chi connectivity index (χ0v) is 13.2. The van der Waals surface area contributed by atoms with E-state index in [1.165, 1.54) is 0 Å². The molecule has 3 nitrogen and oxygen atoms in total. The molecular weight excluding hydrogens is 248 g/mol. The Balaban J connectivity index is 2.63. The monoisotopic (exact) mass is 274 g/mol. The third-order valence-corrected chi connectivity index (χ3v) is 3.29. The maximum Gasteiger partial charge on any atom is 0.271 e. The molecule has 0 aromatic heterocycles. The van der Waals surface area contributed by atoms with Gasteiger partial charge >= 0.3 is 0 Å². The minimum Gasteiger partial charge on any atom is -0.267 e. The first kappa shape index (κ1) is 16.4. The van der Waals surface area contributed by atoms with Crippen molar-refractivity contribution in [2.75, 3.05) is 0 Å². The van der Waals surface area contributed by atoms with Gasteiger partial charge in [0.2, 0.25) is 0 Å². The highest BCUT2D eigenvalue weighted by atomic mass is 16.2. The molecule has 1 amide bonds. The molecule has 1 unspecified atom stereocenters. The first-order valence-corrected chi connectivity index (χ1v) is 7.19. The number of nitrogens with zero attached hydrogens (tertiary/aromatic N) is 1. The molecule has 110 valence electrons. The number of carbonyl (C=O) groups excluding carboxylic acids is 1. The largest absolute Gasteiger partial charge is 0.271 e. The van der Waals surface area contributed by atoms with Gasteiger partial charge in [0.1, 0.15) is 0 Å². The third kappa shape index (κ3) is 5.55. The van der Waals surface area contributed by atoms with Crippen molar-refractivity contribution < 1.29 is 4.79 Å². The second-order valence-electron chi connectivity index (χ2n) is 6.69. The number of carbonyl (C=O) groups is 1. The van der Waals surface area contributed by atoms with Crippen LogP contribution in [0.15, 0.2) is 35.4 Å². The number of amides is 1. The molecule has 3 heteroatoms. The average molecular weight is 274 g/mol. The molecule has 20 heavy (non-hydrogen) atoms. The van der Waals surface area contributed by atoms with Gasteiger partial charge < -0.3 is 0 Å². The van der Waals surface area contributed by atoms with E-state index in [1.807, 2.05) is 24.4 Å². The lowest BCUT2D eigenvalue weighted by Crippen LogP contribution is -2.25. The first-order chi connectivity index (χ1) is 9.30. The second kappa shape index (κ2) is 7.22. The van der Waals surface area contributed by atoms with Crippen LogP contribution in [0.4, 0.5) is 0 Å². The summed E-state index contributed by atoms with van der Waals surface area (Å²) in [7, 11) is 0.